The van der Waals surface area contributed by atoms with Crippen molar-refractivity contribution in [1.82, 2.24) is 10.2 Å². The van der Waals surface area contributed by atoms with Gasteiger partial charge in [-0.05, 0) is 19.9 Å². The van der Waals surface area contributed by atoms with Crippen molar-refractivity contribution >= 4 is 17.8 Å². The van der Waals surface area contributed by atoms with E-state index in [9.17, 15) is 14.4 Å². The van der Waals surface area contributed by atoms with Gasteiger partial charge in [0.1, 0.15) is 12.8 Å². The van der Waals surface area contributed by atoms with Crippen molar-refractivity contribution in [2.45, 2.75) is 20.3 Å². The van der Waals surface area contributed by atoms with Crippen molar-refractivity contribution in [2.24, 2.45) is 0 Å². The number of amides is 2. The lowest BCUT2D eigenvalue weighted by Gasteiger charge is -2.19. The Labute approximate surface area is 123 Å². The van der Waals surface area contributed by atoms with E-state index in [-0.39, 0.29) is 37.9 Å². The van der Waals surface area contributed by atoms with Crippen molar-refractivity contribution in [3.8, 4) is 0 Å². The third-order valence-corrected chi connectivity index (χ3v) is 2.77. The minimum Gasteiger partial charge on any atom is -0.472 e. The van der Waals surface area contributed by atoms with Gasteiger partial charge in [0.25, 0.3) is 5.91 Å². The number of rotatable bonds is 8. The molecule has 0 saturated heterocycles. The van der Waals surface area contributed by atoms with Crippen LogP contribution in [0.15, 0.2) is 23.0 Å². The zero-order chi connectivity index (χ0) is 15.7. The minimum atomic E-state index is -0.435. The summed E-state index contributed by atoms with van der Waals surface area (Å²) >= 11 is 0. The second kappa shape index (κ2) is 8.78. The first-order valence-electron chi connectivity index (χ1n) is 6.82. The number of esters is 1. The Morgan fingerprint density at radius 1 is 1.33 bits per heavy atom. The molecule has 2 amide bonds. The molecule has 0 aromatic carbocycles. The number of carbonyl (C=O) groups excluding carboxylic acids is 3. The monoisotopic (exact) mass is 296 g/mol. The summed E-state index contributed by atoms with van der Waals surface area (Å²) in [6.07, 6.45) is 2.85. The molecule has 7 nitrogen and oxygen atoms in total. The van der Waals surface area contributed by atoms with Crippen LogP contribution in [0, 0.1) is 0 Å². The first-order valence-corrected chi connectivity index (χ1v) is 6.82. The largest absolute Gasteiger partial charge is 0.472 e. The molecule has 0 radical (unpaired) electrons. The van der Waals surface area contributed by atoms with Gasteiger partial charge in [-0.15, -0.1) is 0 Å². The summed E-state index contributed by atoms with van der Waals surface area (Å²) < 4.78 is 9.60. The van der Waals surface area contributed by atoms with Gasteiger partial charge in [-0.25, -0.2) is 0 Å². The first-order chi connectivity index (χ1) is 10.1. The van der Waals surface area contributed by atoms with Crippen molar-refractivity contribution in [1.29, 1.82) is 0 Å². The van der Waals surface area contributed by atoms with Crippen molar-refractivity contribution in [3.63, 3.8) is 0 Å². The molecule has 0 aliphatic carbocycles. The molecule has 116 valence electrons. The second-order valence-corrected chi connectivity index (χ2v) is 4.23. The molecule has 0 unspecified atom stereocenters. The van der Waals surface area contributed by atoms with E-state index in [1.807, 2.05) is 0 Å². The van der Waals surface area contributed by atoms with E-state index >= 15 is 0 Å². The fourth-order valence-electron chi connectivity index (χ4n) is 1.68. The lowest BCUT2D eigenvalue weighted by atomic mass is 10.3. The van der Waals surface area contributed by atoms with Crippen molar-refractivity contribution in [3.05, 3.63) is 24.2 Å². The maximum absolute atomic E-state index is 11.9. The number of hydrogen-bond acceptors (Lipinski definition) is 5. The SMILES string of the molecule is CCOC(=O)CN(CC)C(=O)CCNC(=O)c1ccoc1. The molecule has 1 rings (SSSR count). The summed E-state index contributed by atoms with van der Waals surface area (Å²) in [6.45, 7) is 4.31. The van der Waals surface area contributed by atoms with E-state index < -0.39 is 5.97 Å². The topological polar surface area (TPSA) is 88.9 Å². The molecule has 21 heavy (non-hydrogen) atoms. The van der Waals surface area contributed by atoms with Crippen LogP contribution in [-0.2, 0) is 14.3 Å². The molecule has 0 bridgehead atoms. The van der Waals surface area contributed by atoms with Crippen LogP contribution in [0.3, 0.4) is 0 Å². The van der Waals surface area contributed by atoms with Crippen LogP contribution in [0.4, 0.5) is 0 Å². The molecular formula is C14H20N2O5. The molecule has 0 spiro atoms. The van der Waals surface area contributed by atoms with Gasteiger partial charge in [0.15, 0.2) is 0 Å². The summed E-state index contributed by atoms with van der Waals surface area (Å²) in [5.74, 6) is -0.946. The number of nitrogens with zero attached hydrogens (tertiary/aromatic N) is 1. The maximum Gasteiger partial charge on any atom is 0.325 e. The van der Waals surface area contributed by atoms with Crippen LogP contribution in [0.5, 0.6) is 0 Å². The Kier molecular flexibility index (Phi) is 7.00. The molecule has 1 heterocycles. The number of nitrogens with one attached hydrogen (secondary N) is 1. The second-order valence-electron chi connectivity index (χ2n) is 4.23. The normalized spacial score (nSPS) is 10.0. The van der Waals surface area contributed by atoms with Crippen LogP contribution < -0.4 is 5.32 Å². The van der Waals surface area contributed by atoms with Crippen LogP contribution in [0.2, 0.25) is 0 Å². The van der Waals surface area contributed by atoms with Gasteiger partial charge in [-0.3, -0.25) is 14.4 Å². The molecule has 0 atom stereocenters. The summed E-state index contributed by atoms with van der Waals surface area (Å²) in [7, 11) is 0. The summed E-state index contributed by atoms with van der Waals surface area (Å²) in [5.41, 5.74) is 0.404. The van der Waals surface area contributed by atoms with Gasteiger partial charge in [0.05, 0.1) is 18.4 Å². The lowest BCUT2D eigenvalue weighted by Crippen LogP contribution is -2.38. The fourth-order valence-corrected chi connectivity index (χ4v) is 1.68. The van der Waals surface area contributed by atoms with E-state index in [1.54, 1.807) is 13.8 Å². The van der Waals surface area contributed by atoms with Gasteiger partial charge in [0, 0.05) is 19.5 Å². The Balaban J connectivity index is 2.34. The Morgan fingerprint density at radius 3 is 2.67 bits per heavy atom. The average Bonchev–Trinajstić information content (AvgIpc) is 2.99. The van der Waals surface area contributed by atoms with Gasteiger partial charge in [-0.1, -0.05) is 0 Å². The average molecular weight is 296 g/mol. The van der Waals surface area contributed by atoms with E-state index in [4.69, 9.17) is 9.15 Å². The highest BCUT2D eigenvalue weighted by Crippen LogP contribution is 2.00. The van der Waals surface area contributed by atoms with Crippen molar-refractivity contribution < 1.29 is 23.5 Å². The lowest BCUT2D eigenvalue weighted by molar-refractivity contribution is -0.148. The van der Waals surface area contributed by atoms with Crippen LogP contribution in [-0.4, -0.2) is 48.9 Å². The minimum absolute atomic E-state index is 0.0706. The zero-order valence-corrected chi connectivity index (χ0v) is 12.3. The molecule has 0 aliphatic heterocycles. The number of hydrogen-bond donors (Lipinski definition) is 1. The summed E-state index contributed by atoms with van der Waals surface area (Å²) in [6, 6.07) is 1.54. The molecule has 7 heteroatoms. The molecule has 1 aromatic heterocycles. The van der Waals surface area contributed by atoms with Crippen LogP contribution in [0.1, 0.15) is 30.6 Å². The smallest absolute Gasteiger partial charge is 0.325 e. The summed E-state index contributed by atoms with van der Waals surface area (Å²) in [5, 5.41) is 2.61. The van der Waals surface area contributed by atoms with E-state index in [2.05, 4.69) is 5.32 Å². The third-order valence-electron chi connectivity index (χ3n) is 2.77. The Morgan fingerprint density at radius 2 is 2.10 bits per heavy atom. The zero-order valence-electron chi connectivity index (χ0n) is 12.3. The molecule has 0 saturated carbocycles. The number of carbonyl (C=O) groups is 3. The quantitative estimate of drug-likeness (QED) is 0.717. The Hall–Kier alpha value is -2.31. The molecule has 1 aromatic rings. The number of furan rings is 1. The highest BCUT2D eigenvalue weighted by Gasteiger charge is 2.16. The summed E-state index contributed by atoms with van der Waals surface area (Å²) in [4.78, 5) is 36.3. The van der Waals surface area contributed by atoms with Gasteiger partial charge < -0.3 is 19.4 Å². The third kappa shape index (κ3) is 5.68. The van der Waals surface area contributed by atoms with E-state index in [0.29, 0.717) is 12.1 Å². The Bertz CT molecular complexity index is 470. The molecule has 0 aliphatic rings. The van der Waals surface area contributed by atoms with Crippen LogP contribution in [0.25, 0.3) is 0 Å². The molecule has 0 fully saturated rings. The first kappa shape index (κ1) is 16.7. The standard InChI is InChI=1S/C14H20N2O5/c1-3-16(9-13(18)21-4-2)12(17)5-7-15-14(19)11-6-8-20-10-11/h6,8,10H,3-5,7,9H2,1-2H3,(H,15,19). The van der Waals surface area contributed by atoms with Gasteiger partial charge in [0.2, 0.25) is 5.91 Å². The van der Waals surface area contributed by atoms with Gasteiger partial charge in [-0.2, -0.15) is 0 Å². The predicted molar refractivity (Wildman–Crippen MR) is 74.5 cm³/mol. The molecule has 1 N–H and O–H groups in total. The maximum atomic E-state index is 11.9. The predicted octanol–water partition coefficient (Wildman–Crippen LogP) is 0.811. The number of ether oxygens (including phenoxy) is 1. The van der Waals surface area contributed by atoms with Crippen LogP contribution >= 0.6 is 0 Å². The van der Waals surface area contributed by atoms with E-state index in [0.717, 1.165) is 0 Å². The van der Waals surface area contributed by atoms with Gasteiger partial charge >= 0.3 is 5.97 Å². The van der Waals surface area contributed by atoms with Crippen molar-refractivity contribution in [2.75, 3.05) is 26.2 Å². The highest BCUT2D eigenvalue weighted by atomic mass is 16.5. The molecular weight excluding hydrogens is 276 g/mol. The van der Waals surface area contributed by atoms with E-state index in [1.165, 1.54) is 23.5 Å². The fraction of sp³-hybridized carbons (Fsp3) is 0.500. The number of likely N-dealkylation sites (N-methyl/N-ethyl adjacent to an activating group) is 1. The highest BCUT2D eigenvalue weighted by molar-refractivity contribution is 5.94.